The van der Waals surface area contributed by atoms with E-state index in [9.17, 15) is 0 Å². The fourth-order valence-corrected chi connectivity index (χ4v) is 2.10. The average Bonchev–Trinajstić information content (AvgIpc) is 2.40. The Hall–Kier alpha value is -0.200. The maximum Gasteiger partial charge on any atom is 0.0589 e. The van der Waals surface area contributed by atoms with Gasteiger partial charge in [-0.05, 0) is 44.2 Å². The molecule has 1 aliphatic rings. The second-order valence-electron chi connectivity index (χ2n) is 4.56. The van der Waals surface area contributed by atoms with Gasteiger partial charge in [-0.25, -0.2) is 0 Å². The van der Waals surface area contributed by atoms with Crippen molar-refractivity contribution in [2.75, 3.05) is 39.4 Å². The Morgan fingerprint density at radius 1 is 0.824 bits per heavy atom. The van der Waals surface area contributed by atoms with E-state index in [1.165, 1.54) is 25.7 Å². The zero-order valence-electron chi connectivity index (χ0n) is 10.9. The van der Waals surface area contributed by atoms with Crippen LogP contribution in [0, 0.1) is 11.8 Å². The lowest BCUT2D eigenvalue weighted by Gasteiger charge is -2.26. The summed E-state index contributed by atoms with van der Waals surface area (Å²) in [4.78, 5) is 0. The summed E-state index contributed by atoms with van der Waals surface area (Å²) >= 11 is 0. The number of hydrogen-bond acceptors (Lipinski definition) is 5. The molecule has 1 saturated carbocycles. The maximum absolute atomic E-state index is 5.58. The SMILES string of the molecule is NCC1CCCC(CN)C1.NCCOCCN. The molecule has 2 atom stereocenters. The fraction of sp³-hybridized carbons (Fsp3) is 1.00. The molecule has 0 saturated heterocycles. The lowest BCUT2D eigenvalue weighted by molar-refractivity contribution is 0.149. The lowest BCUT2D eigenvalue weighted by atomic mass is 9.81. The molecule has 5 nitrogen and oxygen atoms in total. The predicted octanol–water partition coefficient (Wildman–Crippen LogP) is -0.369. The van der Waals surface area contributed by atoms with Crippen LogP contribution >= 0.6 is 0 Å². The van der Waals surface area contributed by atoms with Crippen LogP contribution in [0.2, 0.25) is 0 Å². The van der Waals surface area contributed by atoms with Crippen LogP contribution < -0.4 is 22.9 Å². The van der Waals surface area contributed by atoms with Gasteiger partial charge in [0.05, 0.1) is 13.2 Å². The summed E-state index contributed by atoms with van der Waals surface area (Å²) in [5.74, 6) is 1.53. The molecule has 5 heteroatoms. The molecule has 8 N–H and O–H groups in total. The summed E-state index contributed by atoms with van der Waals surface area (Å²) < 4.78 is 4.88. The van der Waals surface area contributed by atoms with Crippen LogP contribution in [-0.2, 0) is 4.74 Å². The van der Waals surface area contributed by atoms with E-state index in [1.807, 2.05) is 0 Å². The van der Waals surface area contributed by atoms with Gasteiger partial charge in [0, 0.05) is 13.1 Å². The topological polar surface area (TPSA) is 113 Å². The van der Waals surface area contributed by atoms with Gasteiger partial charge in [0.25, 0.3) is 0 Å². The molecule has 1 aliphatic carbocycles. The summed E-state index contributed by atoms with van der Waals surface area (Å²) in [6, 6.07) is 0. The molecule has 0 heterocycles. The number of nitrogens with two attached hydrogens (primary N) is 4. The van der Waals surface area contributed by atoms with Gasteiger partial charge in [0.1, 0.15) is 0 Å². The molecule has 17 heavy (non-hydrogen) atoms. The van der Waals surface area contributed by atoms with E-state index in [1.54, 1.807) is 0 Å². The van der Waals surface area contributed by atoms with Crippen LogP contribution in [0.4, 0.5) is 0 Å². The van der Waals surface area contributed by atoms with Gasteiger partial charge in [-0.15, -0.1) is 0 Å². The van der Waals surface area contributed by atoms with Crippen molar-refractivity contribution in [1.82, 2.24) is 0 Å². The van der Waals surface area contributed by atoms with E-state index in [0.29, 0.717) is 26.3 Å². The lowest BCUT2D eigenvalue weighted by Crippen LogP contribution is -2.26. The summed E-state index contributed by atoms with van der Waals surface area (Å²) in [5, 5.41) is 0. The Bertz CT molecular complexity index is 143. The van der Waals surface area contributed by atoms with Crippen molar-refractivity contribution in [3.63, 3.8) is 0 Å². The van der Waals surface area contributed by atoms with Gasteiger partial charge in [0.15, 0.2) is 0 Å². The number of hydrogen-bond donors (Lipinski definition) is 4. The standard InChI is InChI=1S/C8H18N2.C4H12N2O/c9-5-7-2-1-3-8(4-7)6-10;5-1-3-7-4-2-6/h7-8H,1-6,9-10H2;1-6H2. The monoisotopic (exact) mass is 246 g/mol. The van der Waals surface area contributed by atoms with Crippen LogP contribution in [0.5, 0.6) is 0 Å². The Morgan fingerprint density at radius 3 is 1.65 bits per heavy atom. The molecule has 0 bridgehead atoms. The van der Waals surface area contributed by atoms with Gasteiger partial charge < -0.3 is 27.7 Å². The van der Waals surface area contributed by atoms with Crippen molar-refractivity contribution in [1.29, 1.82) is 0 Å². The Balaban J connectivity index is 0.000000325. The largest absolute Gasteiger partial charge is 0.379 e. The van der Waals surface area contributed by atoms with Crippen LogP contribution in [0.25, 0.3) is 0 Å². The van der Waals surface area contributed by atoms with Crippen molar-refractivity contribution in [2.24, 2.45) is 34.8 Å². The number of rotatable bonds is 6. The summed E-state index contributed by atoms with van der Waals surface area (Å²) in [5.41, 5.74) is 21.4. The fourth-order valence-electron chi connectivity index (χ4n) is 2.10. The van der Waals surface area contributed by atoms with Gasteiger partial charge >= 0.3 is 0 Å². The van der Waals surface area contributed by atoms with Gasteiger partial charge in [-0.1, -0.05) is 6.42 Å². The Labute approximate surface area is 105 Å². The first-order valence-corrected chi connectivity index (χ1v) is 6.66. The molecule has 2 unspecified atom stereocenters. The highest BCUT2D eigenvalue weighted by molar-refractivity contribution is 4.73. The minimum Gasteiger partial charge on any atom is -0.379 e. The third-order valence-electron chi connectivity index (χ3n) is 3.08. The van der Waals surface area contributed by atoms with Gasteiger partial charge in [0.2, 0.25) is 0 Å². The second-order valence-corrected chi connectivity index (χ2v) is 4.56. The molecule has 0 aromatic rings. The van der Waals surface area contributed by atoms with Crippen LogP contribution in [-0.4, -0.2) is 39.4 Å². The first kappa shape index (κ1) is 16.8. The molecule has 1 fully saturated rings. The van der Waals surface area contributed by atoms with Crippen LogP contribution in [0.15, 0.2) is 0 Å². The summed E-state index contributed by atoms with van der Waals surface area (Å²) in [7, 11) is 0. The zero-order valence-corrected chi connectivity index (χ0v) is 10.9. The van der Waals surface area contributed by atoms with Crippen molar-refractivity contribution in [3.05, 3.63) is 0 Å². The van der Waals surface area contributed by atoms with E-state index in [2.05, 4.69) is 0 Å². The van der Waals surface area contributed by atoms with Crippen molar-refractivity contribution in [3.8, 4) is 0 Å². The molecule has 0 aromatic heterocycles. The zero-order chi connectivity index (χ0) is 12.9. The molecule has 0 amide bonds. The maximum atomic E-state index is 5.58. The van der Waals surface area contributed by atoms with Crippen LogP contribution in [0.1, 0.15) is 25.7 Å². The Kier molecular flexibility index (Phi) is 12.1. The highest BCUT2D eigenvalue weighted by atomic mass is 16.5. The first-order chi connectivity index (χ1) is 8.28. The normalized spacial score (nSPS) is 24.0. The highest BCUT2D eigenvalue weighted by Gasteiger charge is 2.19. The smallest absolute Gasteiger partial charge is 0.0589 e. The number of ether oxygens (including phenoxy) is 1. The molecular weight excluding hydrogens is 216 g/mol. The van der Waals surface area contributed by atoms with E-state index in [0.717, 1.165) is 24.9 Å². The second kappa shape index (κ2) is 12.3. The highest BCUT2D eigenvalue weighted by Crippen LogP contribution is 2.27. The van der Waals surface area contributed by atoms with Crippen molar-refractivity contribution < 1.29 is 4.74 Å². The summed E-state index contributed by atoms with van der Waals surface area (Å²) in [6.07, 6.45) is 5.26. The van der Waals surface area contributed by atoms with Gasteiger partial charge in [-0.3, -0.25) is 0 Å². The van der Waals surface area contributed by atoms with E-state index < -0.39 is 0 Å². The van der Waals surface area contributed by atoms with E-state index >= 15 is 0 Å². The molecule has 0 aliphatic heterocycles. The quantitative estimate of drug-likeness (QED) is 0.478. The Morgan fingerprint density at radius 2 is 1.29 bits per heavy atom. The predicted molar refractivity (Wildman–Crippen MR) is 72.5 cm³/mol. The van der Waals surface area contributed by atoms with Crippen molar-refractivity contribution >= 4 is 0 Å². The molecule has 0 radical (unpaired) electrons. The van der Waals surface area contributed by atoms with E-state index in [4.69, 9.17) is 27.7 Å². The van der Waals surface area contributed by atoms with Crippen LogP contribution in [0.3, 0.4) is 0 Å². The molecule has 0 spiro atoms. The molecule has 1 rings (SSSR count). The molecule has 0 aromatic carbocycles. The van der Waals surface area contributed by atoms with E-state index in [-0.39, 0.29) is 0 Å². The third kappa shape index (κ3) is 9.50. The minimum atomic E-state index is 0.583. The summed E-state index contributed by atoms with van der Waals surface area (Å²) in [6.45, 7) is 4.13. The molecule has 104 valence electrons. The average molecular weight is 246 g/mol. The minimum absolute atomic E-state index is 0.583. The van der Waals surface area contributed by atoms with Gasteiger partial charge in [-0.2, -0.15) is 0 Å². The first-order valence-electron chi connectivity index (χ1n) is 6.66. The van der Waals surface area contributed by atoms with Crippen molar-refractivity contribution in [2.45, 2.75) is 25.7 Å². The molecular formula is C12H30N4O. The third-order valence-corrected chi connectivity index (χ3v) is 3.08.